The van der Waals surface area contributed by atoms with E-state index >= 15 is 0 Å². The Morgan fingerprint density at radius 2 is 2.15 bits per heavy atom. The van der Waals surface area contributed by atoms with Crippen molar-refractivity contribution >= 4 is 12.4 Å². The molecule has 0 aliphatic carbocycles. The number of hydrogen-bond acceptors (Lipinski definition) is 3. The van der Waals surface area contributed by atoms with E-state index in [2.05, 4.69) is 0 Å². The van der Waals surface area contributed by atoms with Gasteiger partial charge in [0.1, 0.15) is 0 Å². The highest BCUT2D eigenvalue weighted by Gasteiger charge is 2.28. The second-order valence-electron chi connectivity index (χ2n) is 2.91. The van der Waals surface area contributed by atoms with Crippen LogP contribution in [0, 0.1) is 5.92 Å². The molecular weight excluding hydrogens is 174 g/mol. The molecule has 0 rings (SSSR count). The van der Waals surface area contributed by atoms with Crippen molar-refractivity contribution in [1.82, 2.24) is 5.06 Å². The van der Waals surface area contributed by atoms with E-state index in [0.717, 1.165) is 5.06 Å². The van der Waals surface area contributed by atoms with Gasteiger partial charge >= 0.3 is 5.97 Å². The molecule has 5 nitrogen and oxygen atoms in total. The molecule has 0 saturated heterocycles. The lowest BCUT2D eigenvalue weighted by Gasteiger charge is -2.25. The fourth-order valence-electron chi connectivity index (χ4n) is 1.01. The summed E-state index contributed by atoms with van der Waals surface area (Å²) in [7, 11) is 0. The number of carboxylic acid groups (broad SMARTS) is 1. The van der Waals surface area contributed by atoms with Crippen molar-refractivity contribution in [2.45, 2.75) is 26.8 Å². The second kappa shape index (κ2) is 5.53. The molecule has 0 aromatic rings. The lowest BCUT2D eigenvalue weighted by molar-refractivity contribution is -0.198. The van der Waals surface area contributed by atoms with Crippen LogP contribution in [0.3, 0.4) is 0 Å². The van der Waals surface area contributed by atoms with Gasteiger partial charge in [0.2, 0.25) is 6.41 Å². The van der Waals surface area contributed by atoms with Crippen molar-refractivity contribution in [3.05, 3.63) is 0 Å². The summed E-state index contributed by atoms with van der Waals surface area (Å²) >= 11 is 0. The highest BCUT2D eigenvalue weighted by Crippen LogP contribution is 2.09. The number of carboxylic acids is 1. The number of nitrogens with zero attached hydrogens (tertiary/aromatic N) is 1. The summed E-state index contributed by atoms with van der Waals surface area (Å²) in [5.74, 6) is -1.25. The van der Waals surface area contributed by atoms with E-state index < -0.39 is 12.0 Å². The van der Waals surface area contributed by atoms with Gasteiger partial charge in [-0.05, 0) is 12.8 Å². The predicted octanol–water partition coefficient (Wildman–Crippen LogP) is 0.505. The zero-order valence-electron chi connectivity index (χ0n) is 8.06. The van der Waals surface area contributed by atoms with Crippen LogP contribution >= 0.6 is 0 Å². The first-order valence-corrected chi connectivity index (χ1v) is 4.13. The molecule has 0 aliphatic heterocycles. The molecule has 0 aromatic heterocycles. The third-order valence-electron chi connectivity index (χ3n) is 1.54. The number of hydrogen-bond donors (Lipinski definition) is 1. The summed E-state index contributed by atoms with van der Waals surface area (Å²) < 4.78 is 0. The number of amides is 1. The lowest BCUT2D eigenvalue weighted by atomic mass is 10.1. The predicted molar refractivity (Wildman–Crippen MR) is 45.8 cm³/mol. The first-order chi connectivity index (χ1) is 6.04. The molecule has 0 spiro atoms. The van der Waals surface area contributed by atoms with Crippen molar-refractivity contribution in [2.75, 3.05) is 6.61 Å². The van der Waals surface area contributed by atoms with Crippen molar-refractivity contribution in [3.8, 4) is 0 Å². The number of rotatable bonds is 6. The van der Waals surface area contributed by atoms with Crippen molar-refractivity contribution in [3.63, 3.8) is 0 Å². The topological polar surface area (TPSA) is 66.8 Å². The third kappa shape index (κ3) is 3.42. The van der Waals surface area contributed by atoms with Gasteiger partial charge in [0.15, 0.2) is 6.04 Å². The van der Waals surface area contributed by atoms with Crippen LogP contribution in [0.5, 0.6) is 0 Å². The maximum atomic E-state index is 10.7. The first kappa shape index (κ1) is 11.9. The van der Waals surface area contributed by atoms with E-state index in [0.29, 0.717) is 6.41 Å². The fraction of sp³-hybridized carbons (Fsp3) is 0.750. The molecular formula is C8H15NO4. The maximum absolute atomic E-state index is 10.7. The van der Waals surface area contributed by atoms with Crippen LogP contribution in [0.25, 0.3) is 0 Å². The molecule has 76 valence electrons. The molecule has 0 fully saturated rings. The van der Waals surface area contributed by atoms with Gasteiger partial charge in [0, 0.05) is 0 Å². The molecule has 0 bridgehead atoms. The summed E-state index contributed by atoms with van der Waals surface area (Å²) in [4.78, 5) is 26.1. The quantitative estimate of drug-likeness (QED) is 0.488. The Balaban J connectivity index is 4.48. The van der Waals surface area contributed by atoms with E-state index in [1.54, 1.807) is 20.8 Å². The SMILES string of the molecule is CCON(C=O)[C@H](C(=O)O)C(C)C. The van der Waals surface area contributed by atoms with Crippen molar-refractivity contribution in [2.24, 2.45) is 5.92 Å². The molecule has 0 aliphatic rings. The maximum Gasteiger partial charge on any atom is 0.329 e. The Morgan fingerprint density at radius 1 is 1.62 bits per heavy atom. The van der Waals surface area contributed by atoms with Gasteiger partial charge in [0.25, 0.3) is 0 Å². The van der Waals surface area contributed by atoms with E-state index in [4.69, 9.17) is 9.94 Å². The van der Waals surface area contributed by atoms with E-state index in [9.17, 15) is 9.59 Å². The average molecular weight is 189 g/mol. The zero-order chi connectivity index (χ0) is 10.4. The number of hydroxylamine groups is 2. The van der Waals surface area contributed by atoms with Crippen molar-refractivity contribution < 1.29 is 19.5 Å². The number of aliphatic carboxylic acids is 1. The van der Waals surface area contributed by atoms with Gasteiger partial charge < -0.3 is 5.11 Å². The van der Waals surface area contributed by atoms with Gasteiger partial charge in [-0.1, -0.05) is 13.8 Å². The van der Waals surface area contributed by atoms with Gasteiger partial charge in [-0.2, -0.15) is 0 Å². The normalized spacial score (nSPS) is 12.6. The van der Waals surface area contributed by atoms with Crippen LogP contribution < -0.4 is 0 Å². The van der Waals surface area contributed by atoms with E-state index in [1.165, 1.54) is 0 Å². The summed E-state index contributed by atoms with van der Waals surface area (Å²) in [6.07, 6.45) is 0.391. The number of carbonyl (C=O) groups excluding carboxylic acids is 1. The minimum Gasteiger partial charge on any atom is -0.480 e. The Kier molecular flexibility index (Phi) is 5.06. The van der Waals surface area contributed by atoms with Crippen LogP contribution in [0.2, 0.25) is 0 Å². The summed E-state index contributed by atoms with van der Waals surface area (Å²) in [6.45, 7) is 5.40. The Hall–Kier alpha value is -1.10. The summed E-state index contributed by atoms with van der Waals surface area (Å²) in [5, 5.41) is 9.63. The van der Waals surface area contributed by atoms with Crippen LogP contribution in [0.4, 0.5) is 0 Å². The van der Waals surface area contributed by atoms with Gasteiger partial charge in [-0.3, -0.25) is 9.63 Å². The third-order valence-corrected chi connectivity index (χ3v) is 1.54. The summed E-state index contributed by atoms with van der Waals surface area (Å²) in [5.41, 5.74) is 0. The van der Waals surface area contributed by atoms with Gasteiger partial charge in [-0.15, -0.1) is 0 Å². The van der Waals surface area contributed by atoms with Crippen molar-refractivity contribution in [1.29, 1.82) is 0 Å². The van der Waals surface area contributed by atoms with Crippen LogP contribution in [0.1, 0.15) is 20.8 Å². The molecule has 0 radical (unpaired) electrons. The molecule has 0 unspecified atom stereocenters. The minimum absolute atomic E-state index is 0.186. The average Bonchev–Trinajstić information content (AvgIpc) is 2.02. The molecule has 0 saturated carbocycles. The Morgan fingerprint density at radius 3 is 2.38 bits per heavy atom. The highest BCUT2D eigenvalue weighted by atomic mass is 16.7. The molecule has 13 heavy (non-hydrogen) atoms. The van der Waals surface area contributed by atoms with Gasteiger partial charge in [-0.25, -0.2) is 9.86 Å². The highest BCUT2D eigenvalue weighted by molar-refractivity contribution is 5.76. The van der Waals surface area contributed by atoms with Crippen LogP contribution in [-0.2, 0) is 14.4 Å². The standard InChI is InChI=1S/C8H15NO4/c1-4-13-9(5-10)7(6(2)3)8(11)12/h5-7H,4H2,1-3H3,(H,11,12)/t7-/m0/s1. The smallest absolute Gasteiger partial charge is 0.329 e. The Bertz CT molecular complexity index is 181. The first-order valence-electron chi connectivity index (χ1n) is 4.13. The monoisotopic (exact) mass is 189 g/mol. The van der Waals surface area contributed by atoms with E-state index in [1.807, 2.05) is 0 Å². The molecule has 1 amide bonds. The largest absolute Gasteiger partial charge is 0.480 e. The van der Waals surface area contributed by atoms with Crippen LogP contribution in [-0.4, -0.2) is 35.2 Å². The lowest BCUT2D eigenvalue weighted by Crippen LogP contribution is -2.43. The zero-order valence-corrected chi connectivity index (χ0v) is 8.06. The van der Waals surface area contributed by atoms with Gasteiger partial charge in [0.05, 0.1) is 6.61 Å². The molecule has 0 aromatic carbocycles. The molecule has 5 heteroatoms. The fourth-order valence-corrected chi connectivity index (χ4v) is 1.01. The molecule has 1 atom stereocenters. The van der Waals surface area contributed by atoms with E-state index in [-0.39, 0.29) is 12.5 Å². The second-order valence-corrected chi connectivity index (χ2v) is 2.91. The molecule has 1 N–H and O–H groups in total. The number of carbonyl (C=O) groups is 2. The minimum atomic E-state index is -1.06. The Labute approximate surface area is 77.2 Å². The molecule has 0 heterocycles. The van der Waals surface area contributed by atoms with Crippen LogP contribution in [0.15, 0.2) is 0 Å². The summed E-state index contributed by atoms with van der Waals surface area (Å²) in [6, 6.07) is -0.919.